The van der Waals surface area contributed by atoms with Gasteiger partial charge in [0.25, 0.3) is 0 Å². The summed E-state index contributed by atoms with van der Waals surface area (Å²) in [6, 6.07) is 8.91. The quantitative estimate of drug-likeness (QED) is 0.729. The minimum absolute atomic E-state index is 0.347. The van der Waals surface area contributed by atoms with Crippen molar-refractivity contribution in [3.05, 3.63) is 54.6 Å². The zero-order valence-electron chi connectivity index (χ0n) is 12.1. The van der Waals surface area contributed by atoms with Gasteiger partial charge in [-0.15, -0.1) is 11.3 Å². The Labute approximate surface area is 143 Å². The lowest BCUT2D eigenvalue weighted by Gasteiger charge is -2.15. The van der Waals surface area contributed by atoms with Crippen molar-refractivity contribution in [1.82, 2.24) is 5.32 Å². The van der Waals surface area contributed by atoms with E-state index in [9.17, 15) is 0 Å². The van der Waals surface area contributed by atoms with Crippen molar-refractivity contribution < 1.29 is 0 Å². The number of thiophene rings is 1. The van der Waals surface area contributed by atoms with Crippen LogP contribution in [0.3, 0.4) is 0 Å². The molecular weight excluding hydrogens is 366 g/mol. The average Bonchev–Trinajstić information content (AvgIpc) is 2.90. The van der Waals surface area contributed by atoms with Gasteiger partial charge in [-0.2, -0.15) is 0 Å². The molecule has 0 saturated carbocycles. The molecular formula is C17H19BrClNS. The smallest absolute Gasteiger partial charge is 0.0453 e. The van der Waals surface area contributed by atoms with Crippen molar-refractivity contribution >= 4 is 38.9 Å². The molecule has 0 radical (unpaired) electrons. The van der Waals surface area contributed by atoms with Gasteiger partial charge in [0.15, 0.2) is 0 Å². The number of rotatable bonds is 4. The van der Waals surface area contributed by atoms with Crippen LogP contribution in [0.1, 0.15) is 39.8 Å². The number of likely N-dealkylation sites (N-methyl/N-ethyl adjacent to an activating group) is 1. The molecule has 4 heteroatoms. The van der Waals surface area contributed by atoms with Crippen LogP contribution >= 0.6 is 38.9 Å². The number of nitrogens with one attached hydrogen (secondary N) is 1. The second kappa shape index (κ2) is 6.82. The van der Waals surface area contributed by atoms with Crippen LogP contribution in [0.25, 0.3) is 0 Å². The van der Waals surface area contributed by atoms with Crippen LogP contribution in [-0.4, -0.2) is 7.05 Å². The van der Waals surface area contributed by atoms with Crippen LogP contribution in [0.2, 0.25) is 5.02 Å². The SMILES string of the molecule is CNC(Cc1ccc(Br)cc1Cl)c1cc2c(s1)CCCC2. The van der Waals surface area contributed by atoms with Crippen molar-refractivity contribution in [2.45, 2.75) is 38.1 Å². The molecule has 1 aliphatic rings. The van der Waals surface area contributed by atoms with Crippen LogP contribution in [0.15, 0.2) is 28.7 Å². The van der Waals surface area contributed by atoms with E-state index in [0.29, 0.717) is 6.04 Å². The zero-order valence-corrected chi connectivity index (χ0v) is 15.2. The van der Waals surface area contributed by atoms with Crippen molar-refractivity contribution in [3.8, 4) is 0 Å². The summed E-state index contributed by atoms with van der Waals surface area (Å²) in [5.41, 5.74) is 2.77. The fourth-order valence-corrected chi connectivity index (χ4v) is 5.06. The van der Waals surface area contributed by atoms with Gasteiger partial charge in [-0.25, -0.2) is 0 Å². The fraction of sp³-hybridized carbons (Fsp3) is 0.412. The normalized spacial score (nSPS) is 15.8. The lowest BCUT2D eigenvalue weighted by atomic mass is 9.98. The van der Waals surface area contributed by atoms with Gasteiger partial charge in [-0.05, 0) is 68.5 Å². The third-order valence-electron chi connectivity index (χ3n) is 4.15. The summed E-state index contributed by atoms with van der Waals surface area (Å²) in [6.45, 7) is 0. The van der Waals surface area contributed by atoms with Gasteiger partial charge in [-0.3, -0.25) is 0 Å². The molecule has 21 heavy (non-hydrogen) atoms. The third kappa shape index (κ3) is 3.53. The number of hydrogen-bond donors (Lipinski definition) is 1. The van der Waals surface area contributed by atoms with Gasteiger partial charge in [0, 0.05) is 25.3 Å². The van der Waals surface area contributed by atoms with Gasteiger partial charge < -0.3 is 5.32 Å². The van der Waals surface area contributed by atoms with Crippen LogP contribution in [0, 0.1) is 0 Å². The highest BCUT2D eigenvalue weighted by molar-refractivity contribution is 9.10. The molecule has 1 heterocycles. The lowest BCUT2D eigenvalue weighted by molar-refractivity contribution is 0.601. The van der Waals surface area contributed by atoms with E-state index in [-0.39, 0.29) is 0 Å². The Morgan fingerprint density at radius 2 is 2.10 bits per heavy atom. The Bertz CT molecular complexity index is 614. The van der Waals surface area contributed by atoms with Gasteiger partial charge in [0.2, 0.25) is 0 Å². The largest absolute Gasteiger partial charge is 0.312 e. The second-order valence-corrected chi connectivity index (χ2v) is 8.08. The number of benzene rings is 1. The first kappa shape index (κ1) is 15.5. The van der Waals surface area contributed by atoms with Crippen LogP contribution in [-0.2, 0) is 19.3 Å². The molecule has 1 aromatic carbocycles. The maximum atomic E-state index is 6.36. The first-order valence-electron chi connectivity index (χ1n) is 7.40. The minimum atomic E-state index is 0.347. The van der Waals surface area contributed by atoms with Crippen molar-refractivity contribution in [3.63, 3.8) is 0 Å². The molecule has 1 nitrogen and oxygen atoms in total. The summed E-state index contributed by atoms with van der Waals surface area (Å²) in [7, 11) is 2.04. The van der Waals surface area contributed by atoms with Crippen molar-refractivity contribution in [1.29, 1.82) is 0 Å². The highest BCUT2D eigenvalue weighted by atomic mass is 79.9. The average molecular weight is 385 g/mol. The van der Waals surface area contributed by atoms with E-state index >= 15 is 0 Å². The molecule has 0 saturated heterocycles. The maximum absolute atomic E-state index is 6.36. The summed E-state index contributed by atoms with van der Waals surface area (Å²) in [5, 5.41) is 4.30. The first-order chi connectivity index (χ1) is 10.2. The topological polar surface area (TPSA) is 12.0 Å². The van der Waals surface area contributed by atoms with E-state index in [0.717, 1.165) is 15.9 Å². The van der Waals surface area contributed by atoms with E-state index in [1.807, 2.05) is 24.5 Å². The Morgan fingerprint density at radius 3 is 2.81 bits per heavy atom. The van der Waals surface area contributed by atoms with E-state index in [4.69, 9.17) is 11.6 Å². The molecule has 0 amide bonds. The predicted octanol–water partition coefficient (Wildman–Crippen LogP) is 5.55. The number of fused-ring (bicyclic) bond motifs is 1. The Balaban J connectivity index is 1.83. The van der Waals surface area contributed by atoms with Crippen molar-refractivity contribution in [2.24, 2.45) is 0 Å². The summed E-state index contributed by atoms with van der Waals surface area (Å²) < 4.78 is 1.03. The third-order valence-corrected chi connectivity index (χ3v) is 6.34. The molecule has 2 aromatic rings. The molecule has 1 atom stereocenters. The predicted molar refractivity (Wildman–Crippen MR) is 95.6 cm³/mol. The summed E-state index contributed by atoms with van der Waals surface area (Å²) >= 11 is 11.8. The molecule has 0 fully saturated rings. The first-order valence-corrected chi connectivity index (χ1v) is 9.39. The Kier molecular flexibility index (Phi) is 5.05. The van der Waals surface area contributed by atoms with E-state index < -0.39 is 0 Å². The fourth-order valence-electron chi connectivity index (χ4n) is 2.94. The summed E-state index contributed by atoms with van der Waals surface area (Å²) in [6.07, 6.45) is 6.13. The standard InChI is InChI=1S/C17H19BrClNS/c1-20-15(8-11-6-7-13(18)10-14(11)19)17-9-12-4-2-3-5-16(12)21-17/h6-7,9-10,15,20H,2-5,8H2,1H3. The monoisotopic (exact) mass is 383 g/mol. The van der Waals surface area contributed by atoms with Crippen LogP contribution in [0.5, 0.6) is 0 Å². The molecule has 3 rings (SSSR count). The van der Waals surface area contributed by atoms with E-state index in [1.54, 1.807) is 10.4 Å². The lowest BCUT2D eigenvalue weighted by Crippen LogP contribution is -2.17. The van der Waals surface area contributed by atoms with Crippen LogP contribution < -0.4 is 5.32 Å². The maximum Gasteiger partial charge on any atom is 0.0453 e. The van der Waals surface area contributed by atoms with Gasteiger partial charge in [0.05, 0.1) is 0 Å². The molecule has 112 valence electrons. The molecule has 1 unspecified atom stereocenters. The number of aryl methyl sites for hydroxylation is 2. The molecule has 1 aromatic heterocycles. The molecule has 1 aliphatic carbocycles. The van der Waals surface area contributed by atoms with Crippen LogP contribution in [0.4, 0.5) is 0 Å². The second-order valence-electron chi connectivity index (χ2n) is 5.59. The number of hydrogen-bond acceptors (Lipinski definition) is 2. The molecule has 0 bridgehead atoms. The number of halogens is 2. The van der Waals surface area contributed by atoms with E-state index in [1.165, 1.54) is 36.1 Å². The highest BCUT2D eigenvalue weighted by Crippen LogP contribution is 2.35. The van der Waals surface area contributed by atoms with Crippen molar-refractivity contribution in [2.75, 3.05) is 7.05 Å². The van der Waals surface area contributed by atoms with Gasteiger partial charge in [-0.1, -0.05) is 33.6 Å². The molecule has 1 N–H and O–H groups in total. The minimum Gasteiger partial charge on any atom is -0.312 e. The molecule has 0 spiro atoms. The Hall–Kier alpha value is -0.350. The van der Waals surface area contributed by atoms with Gasteiger partial charge in [0.1, 0.15) is 0 Å². The Morgan fingerprint density at radius 1 is 1.29 bits per heavy atom. The highest BCUT2D eigenvalue weighted by Gasteiger charge is 2.19. The molecule has 0 aliphatic heterocycles. The van der Waals surface area contributed by atoms with Gasteiger partial charge >= 0.3 is 0 Å². The van der Waals surface area contributed by atoms with E-state index in [2.05, 4.69) is 39.4 Å². The summed E-state index contributed by atoms with van der Waals surface area (Å²) in [4.78, 5) is 3.04. The summed E-state index contributed by atoms with van der Waals surface area (Å²) in [5.74, 6) is 0. The zero-order chi connectivity index (χ0) is 14.8.